The predicted molar refractivity (Wildman–Crippen MR) is 88.1 cm³/mol. The summed E-state index contributed by atoms with van der Waals surface area (Å²) in [5, 5.41) is 0. The maximum absolute atomic E-state index is 11.4. The third-order valence-electron chi connectivity index (χ3n) is 2.39. The Kier molecular flexibility index (Phi) is 8.76. The van der Waals surface area contributed by atoms with Crippen molar-refractivity contribution >= 4 is 28.6 Å². The van der Waals surface area contributed by atoms with Gasteiger partial charge in [-0.05, 0) is 52.1 Å². The molecule has 0 aromatic rings. The minimum atomic E-state index is -1.68. The highest BCUT2D eigenvalue weighted by atomic mass is 28.4. The summed E-state index contributed by atoms with van der Waals surface area (Å²) < 4.78 is 15.9. The van der Waals surface area contributed by atoms with E-state index in [0.29, 0.717) is 6.61 Å². The molecule has 0 saturated heterocycles. The van der Waals surface area contributed by atoms with Gasteiger partial charge in [0, 0.05) is 12.2 Å². The van der Waals surface area contributed by atoms with Crippen LogP contribution in [-0.4, -0.2) is 41.8 Å². The van der Waals surface area contributed by atoms with Crippen molar-refractivity contribution in [3.63, 3.8) is 0 Å². The SMILES string of the molecule is CCOC(=O)C=CC(=O)OCCC[Si](C)(C)O[Si](C)(C)C. The van der Waals surface area contributed by atoms with E-state index in [9.17, 15) is 9.59 Å². The van der Waals surface area contributed by atoms with Gasteiger partial charge in [-0.3, -0.25) is 0 Å². The summed E-state index contributed by atoms with van der Waals surface area (Å²) in [6, 6.07) is 0.951. The Morgan fingerprint density at radius 1 is 0.952 bits per heavy atom. The lowest BCUT2D eigenvalue weighted by molar-refractivity contribution is -0.140. The van der Waals surface area contributed by atoms with E-state index in [0.717, 1.165) is 24.6 Å². The van der Waals surface area contributed by atoms with Crippen molar-refractivity contribution in [1.82, 2.24) is 0 Å². The van der Waals surface area contributed by atoms with Crippen molar-refractivity contribution in [3.05, 3.63) is 12.2 Å². The first-order chi connectivity index (χ1) is 9.56. The fourth-order valence-electron chi connectivity index (χ4n) is 1.93. The van der Waals surface area contributed by atoms with Gasteiger partial charge in [0.2, 0.25) is 0 Å². The molecule has 0 amide bonds. The van der Waals surface area contributed by atoms with Crippen LogP contribution >= 0.6 is 0 Å². The summed E-state index contributed by atoms with van der Waals surface area (Å²) >= 11 is 0. The molecule has 0 aliphatic heterocycles. The first-order valence-corrected chi connectivity index (χ1v) is 13.8. The van der Waals surface area contributed by atoms with Gasteiger partial charge >= 0.3 is 11.9 Å². The molecule has 0 aliphatic rings. The molecule has 0 radical (unpaired) electrons. The van der Waals surface area contributed by atoms with Gasteiger partial charge in [0.15, 0.2) is 16.6 Å². The third-order valence-corrected chi connectivity index (χ3v) is 8.61. The first-order valence-electron chi connectivity index (χ1n) is 7.27. The van der Waals surface area contributed by atoms with Crippen LogP contribution < -0.4 is 0 Å². The molecular weight excluding hydrogens is 304 g/mol. The molecule has 0 saturated carbocycles. The van der Waals surface area contributed by atoms with Crippen molar-refractivity contribution in [2.75, 3.05) is 13.2 Å². The Balaban J connectivity index is 3.94. The van der Waals surface area contributed by atoms with Gasteiger partial charge in [0.25, 0.3) is 0 Å². The molecule has 0 fully saturated rings. The number of rotatable bonds is 9. The molecule has 0 atom stereocenters. The number of hydrogen-bond donors (Lipinski definition) is 0. The van der Waals surface area contributed by atoms with Crippen molar-refractivity contribution in [3.8, 4) is 0 Å². The van der Waals surface area contributed by atoms with Crippen LogP contribution in [0, 0.1) is 0 Å². The van der Waals surface area contributed by atoms with Gasteiger partial charge in [-0.15, -0.1) is 0 Å². The van der Waals surface area contributed by atoms with Crippen molar-refractivity contribution < 1.29 is 23.2 Å². The molecular formula is C14H28O5Si2. The summed E-state index contributed by atoms with van der Waals surface area (Å²) in [7, 11) is -3.20. The molecule has 0 unspecified atom stereocenters. The molecule has 0 heterocycles. The van der Waals surface area contributed by atoms with Crippen LogP contribution in [0.5, 0.6) is 0 Å². The van der Waals surface area contributed by atoms with Crippen LogP contribution in [0.1, 0.15) is 13.3 Å². The monoisotopic (exact) mass is 332 g/mol. The lowest BCUT2D eigenvalue weighted by Gasteiger charge is -2.31. The maximum Gasteiger partial charge on any atom is 0.331 e. The average Bonchev–Trinajstić information content (AvgIpc) is 2.29. The normalized spacial score (nSPS) is 12.5. The molecule has 0 aromatic carbocycles. The molecule has 7 heteroatoms. The Hall–Kier alpha value is -0.926. The topological polar surface area (TPSA) is 61.8 Å². The van der Waals surface area contributed by atoms with Crippen LogP contribution in [0.2, 0.25) is 38.8 Å². The van der Waals surface area contributed by atoms with Crippen LogP contribution in [0.4, 0.5) is 0 Å². The number of ether oxygens (including phenoxy) is 2. The second kappa shape index (κ2) is 9.16. The first kappa shape index (κ1) is 20.1. The minimum Gasteiger partial charge on any atom is -0.463 e. The second-order valence-corrected chi connectivity index (χ2v) is 15.4. The zero-order valence-corrected chi connectivity index (χ0v) is 16.0. The highest BCUT2D eigenvalue weighted by Crippen LogP contribution is 2.19. The van der Waals surface area contributed by atoms with Crippen LogP contribution in [0.15, 0.2) is 12.2 Å². The highest BCUT2D eigenvalue weighted by Gasteiger charge is 2.28. The fraction of sp³-hybridized carbons (Fsp3) is 0.714. The molecule has 0 bridgehead atoms. The number of esters is 2. The Labute approximate surface area is 129 Å². The maximum atomic E-state index is 11.4. The van der Waals surface area contributed by atoms with E-state index in [4.69, 9.17) is 8.85 Å². The number of carbonyl (C=O) groups excluding carboxylic acids is 2. The molecule has 0 spiro atoms. The summed E-state index contributed by atoms with van der Waals surface area (Å²) in [6.07, 6.45) is 2.96. The van der Waals surface area contributed by atoms with Crippen LogP contribution in [0.3, 0.4) is 0 Å². The minimum absolute atomic E-state index is 0.287. The quantitative estimate of drug-likeness (QED) is 0.281. The summed E-state index contributed by atoms with van der Waals surface area (Å²) in [5.74, 6) is -1.06. The predicted octanol–water partition coefficient (Wildman–Crippen LogP) is 3.10. The molecule has 122 valence electrons. The van der Waals surface area contributed by atoms with E-state index in [1.54, 1.807) is 6.92 Å². The van der Waals surface area contributed by atoms with Crippen molar-refractivity contribution in [1.29, 1.82) is 0 Å². The van der Waals surface area contributed by atoms with E-state index >= 15 is 0 Å². The molecule has 0 aromatic heterocycles. The van der Waals surface area contributed by atoms with Gasteiger partial charge in [-0.2, -0.15) is 0 Å². The van der Waals surface area contributed by atoms with E-state index < -0.39 is 28.6 Å². The van der Waals surface area contributed by atoms with Crippen LogP contribution in [0.25, 0.3) is 0 Å². The molecule has 21 heavy (non-hydrogen) atoms. The van der Waals surface area contributed by atoms with Gasteiger partial charge in [-0.25, -0.2) is 9.59 Å². The summed E-state index contributed by atoms with van der Waals surface area (Å²) in [6.45, 7) is 13.3. The van der Waals surface area contributed by atoms with Crippen molar-refractivity contribution in [2.24, 2.45) is 0 Å². The average molecular weight is 333 g/mol. The largest absolute Gasteiger partial charge is 0.463 e. The second-order valence-electron chi connectivity index (χ2n) is 6.33. The number of carbonyl (C=O) groups is 2. The van der Waals surface area contributed by atoms with Gasteiger partial charge < -0.3 is 13.6 Å². The van der Waals surface area contributed by atoms with E-state index in [-0.39, 0.29) is 6.61 Å². The van der Waals surface area contributed by atoms with Crippen molar-refractivity contribution in [2.45, 2.75) is 52.1 Å². The van der Waals surface area contributed by atoms with E-state index in [2.05, 4.69) is 37.5 Å². The standard InChI is InChI=1S/C14H28O5Si2/c1-7-17-13(15)9-10-14(16)18-11-8-12-21(5,6)19-20(2,3)4/h9-10H,7-8,11-12H2,1-6H3. The molecule has 0 aliphatic carbocycles. The van der Waals surface area contributed by atoms with Gasteiger partial charge in [-0.1, -0.05) is 0 Å². The molecule has 5 nitrogen and oxygen atoms in total. The zero-order chi connectivity index (χ0) is 16.5. The Morgan fingerprint density at radius 3 is 1.95 bits per heavy atom. The summed E-state index contributed by atoms with van der Waals surface area (Å²) in [5.41, 5.74) is 0. The Morgan fingerprint density at radius 2 is 1.48 bits per heavy atom. The molecule has 0 rings (SSSR count). The lowest BCUT2D eigenvalue weighted by Crippen LogP contribution is -2.42. The van der Waals surface area contributed by atoms with Gasteiger partial charge in [0.1, 0.15) is 0 Å². The Bertz CT molecular complexity index is 372. The smallest absolute Gasteiger partial charge is 0.331 e. The number of hydrogen-bond acceptors (Lipinski definition) is 5. The van der Waals surface area contributed by atoms with E-state index in [1.165, 1.54) is 0 Å². The van der Waals surface area contributed by atoms with E-state index in [1.807, 2.05) is 0 Å². The summed E-state index contributed by atoms with van der Waals surface area (Å²) in [4.78, 5) is 22.4. The fourth-order valence-corrected chi connectivity index (χ4v) is 9.96. The van der Waals surface area contributed by atoms with Crippen LogP contribution in [-0.2, 0) is 23.2 Å². The highest BCUT2D eigenvalue weighted by molar-refractivity contribution is 6.84. The third kappa shape index (κ3) is 12.5. The molecule has 0 N–H and O–H groups in total. The zero-order valence-electron chi connectivity index (χ0n) is 14.0. The lowest BCUT2D eigenvalue weighted by atomic mass is 10.5. The van der Waals surface area contributed by atoms with Gasteiger partial charge in [0.05, 0.1) is 13.2 Å².